The summed E-state index contributed by atoms with van der Waals surface area (Å²) in [6.07, 6.45) is 6.03. The zero-order valence-electron chi connectivity index (χ0n) is 11.2. The Morgan fingerprint density at radius 1 is 1.11 bits per heavy atom. The molecule has 0 heterocycles. The monoisotopic (exact) mass is 283 g/mol. The van der Waals surface area contributed by atoms with Gasteiger partial charge in [-0.25, -0.2) is 8.42 Å². The van der Waals surface area contributed by atoms with E-state index in [1.165, 1.54) is 12.7 Å². The fraction of sp³-hybridized carbons (Fsp3) is 0.571. The molecule has 2 rings (SSSR count). The number of aliphatic hydroxyl groups is 1. The molecule has 0 radical (unpaired) electrons. The first-order valence-electron chi connectivity index (χ1n) is 6.71. The van der Waals surface area contributed by atoms with Gasteiger partial charge in [0.1, 0.15) is 0 Å². The largest absolute Gasteiger partial charge is 0.391 e. The van der Waals surface area contributed by atoms with E-state index in [4.69, 9.17) is 0 Å². The summed E-state index contributed by atoms with van der Waals surface area (Å²) in [5, 5.41) is 13.3. The molecule has 5 heteroatoms. The Balaban J connectivity index is 2.06. The lowest BCUT2D eigenvalue weighted by molar-refractivity contribution is 0.144. The van der Waals surface area contributed by atoms with Crippen molar-refractivity contribution in [3.05, 3.63) is 24.3 Å². The SMILES string of the molecule is CS(=O)(=O)c1ccc(NC2CCCCCC2O)cc1. The minimum Gasteiger partial charge on any atom is -0.391 e. The lowest BCUT2D eigenvalue weighted by Gasteiger charge is -2.23. The van der Waals surface area contributed by atoms with Crippen molar-refractivity contribution in [2.24, 2.45) is 0 Å². The summed E-state index contributed by atoms with van der Waals surface area (Å²) in [6, 6.07) is 6.77. The summed E-state index contributed by atoms with van der Waals surface area (Å²) in [6.45, 7) is 0. The molecule has 1 aromatic carbocycles. The number of hydrogen-bond acceptors (Lipinski definition) is 4. The first-order chi connectivity index (χ1) is 8.97. The van der Waals surface area contributed by atoms with Crippen molar-refractivity contribution < 1.29 is 13.5 Å². The quantitative estimate of drug-likeness (QED) is 0.835. The summed E-state index contributed by atoms with van der Waals surface area (Å²) in [7, 11) is -3.15. The van der Waals surface area contributed by atoms with Crippen LogP contribution in [0.15, 0.2) is 29.2 Å². The Hall–Kier alpha value is -1.07. The van der Waals surface area contributed by atoms with Crippen molar-refractivity contribution >= 4 is 15.5 Å². The van der Waals surface area contributed by atoms with E-state index in [1.807, 2.05) is 0 Å². The molecule has 1 aliphatic carbocycles. The average molecular weight is 283 g/mol. The zero-order chi connectivity index (χ0) is 13.9. The summed E-state index contributed by atoms with van der Waals surface area (Å²) < 4.78 is 22.7. The van der Waals surface area contributed by atoms with E-state index in [-0.39, 0.29) is 12.1 Å². The van der Waals surface area contributed by atoms with Gasteiger partial charge in [-0.15, -0.1) is 0 Å². The number of anilines is 1. The second-order valence-electron chi connectivity index (χ2n) is 5.25. The van der Waals surface area contributed by atoms with Crippen LogP contribution in [0.5, 0.6) is 0 Å². The Kier molecular flexibility index (Phi) is 4.47. The van der Waals surface area contributed by atoms with Gasteiger partial charge in [-0.1, -0.05) is 19.3 Å². The molecule has 1 aliphatic rings. The van der Waals surface area contributed by atoms with Crippen LogP contribution >= 0.6 is 0 Å². The van der Waals surface area contributed by atoms with Gasteiger partial charge in [-0.05, 0) is 37.1 Å². The van der Waals surface area contributed by atoms with E-state index in [0.717, 1.165) is 31.4 Å². The predicted molar refractivity (Wildman–Crippen MR) is 76.1 cm³/mol. The number of hydrogen-bond donors (Lipinski definition) is 2. The average Bonchev–Trinajstić information content (AvgIpc) is 2.55. The third-order valence-electron chi connectivity index (χ3n) is 3.61. The van der Waals surface area contributed by atoms with Crippen LogP contribution < -0.4 is 5.32 Å². The minimum absolute atomic E-state index is 0.0617. The van der Waals surface area contributed by atoms with E-state index in [9.17, 15) is 13.5 Å². The van der Waals surface area contributed by atoms with Gasteiger partial charge >= 0.3 is 0 Å². The maximum Gasteiger partial charge on any atom is 0.175 e. The standard InChI is InChI=1S/C14H21NO3S/c1-19(17,18)12-9-7-11(8-10-12)15-13-5-3-2-4-6-14(13)16/h7-10,13-16H,2-6H2,1H3. The Labute approximate surface area is 114 Å². The van der Waals surface area contributed by atoms with Gasteiger partial charge in [-0.3, -0.25) is 0 Å². The topological polar surface area (TPSA) is 66.4 Å². The molecule has 1 saturated carbocycles. The van der Waals surface area contributed by atoms with Crippen LogP contribution in [-0.2, 0) is 9.84 Å². The van der Waals surface area contributed by atoms with Gasteiger partial charge in [0, 0.05) is 11.9 Å². The van der Waals surface area contributed by atoms with Gasteiger partial charge in [-0.2, -0.15) is 0 Å². The Bertz CT molecular complexity index is 510. The molecule has 4 nitrogen and oxygen atoms in total. The summed E-state index contributed by atoms with van der Waals surface area (Å²) >= 11 is 0. The molecule has 1 aromatic rings. The predicted octanol–water partition coefficient (Wildman–Crippen LogP) is 2.20. The van der Waals surface area contributed by atoms with Gasteiger partial charge in [0.25, 0.3) is 0 Å². The molecule has 2 unspecified atom stereocenters. The van der Waals surface area contributed by atoms with Crippen LogP contribution in [0.4, 0.5) is 5.69 Å². The molecule has 0 aromatic heterocycles. The van der Waals surface area contributed by atoms with Crippen LogP contribution in [0.3, 0.4) is 0 Å². The lowest BCUT2D eigenvalue weighted by atomic mass is 10.1. The highest BCUT2D eigenvalue weighted by Gasteiger charge is 2.21. The van der Waals surface area contributed by atoms with Crippen LogP contribution in [0.1, 0.15) is 32.1 Å². The fourth-order valence-electron chi connectivity index (χ4n) is 2.47. The van der Waals surface area contributed by atoms with E-state index in [0.29, 0.717) is 4.90 Å². The van der Waals surface area contributed by atoms with Gasteiger partial charge in [0.15, 0.2) is 9.84 Å². The van der Waals surface area contributed by atoms with Crippen LogP contribution in [-0.4, -0.2) is 31.9 Å². The molecule has 1 fully saturated rings. The second kappa shape index (κ2) is 5.92. The van der Waals surface area contributed by atoms with Crippen molar-refractivity contribution in [1.82, 2.24) is 0 Å². The second-order valence-corrected chi connectivity index (χ2v) is 7.27. The molecule has 2 N–H and O–H groups in total. The molecule has 0 bridgehead atoms. The molecule has 0 spiro atoms. The molecule has 0 aliphatic heterocycles. The highest BCUT2D eigenvalue weighted by atomic mass is 32.2. The van der Waals surface area contributed by atoms with Crippen molar-refractivity contribution in [3.63, 3.8) is 0 Å². The van der Waals surface area contributed by atoms with Crippen molar-refractivity contribution in [3.8, 4) is 0 Å². The molecule has 0 amide bonds. The van der Waals surface area contributed by atoms with E-state index in [1.54, 1.807) is 24.3 Å². The fourth-order valence-corrected chi connectivity index (χ4v) is 3.10. The summed E-state index contributed by atoms with van der Waals surface area (Å²) in [5.74, 6) is 0. The van der Waals surface area contributed by atoms with E-state index in [2.05, 4.69) is 5.32 Å². The van der Waals surface area contributed by atoms with Crippen molar-refractivity contribution in [1.29, 1.82) is 0 Å². The number of benzene rings is 1. The summed E-state index contributed by atoms with van der Waals surface area (Å²) in [4.78, 5) is 0.319. The Morgan fingerprint density at radius 2 is 1.74 bits per heavy atom. The van der Waals surface area contributed by atoms with E-state index >= 15 is 0 Å². The third-order valence-corrected chi connectivity index (χ3v) is 4.74. The molecule has 106 valence electrons. The maximum atomic E-state index is 11.4. The Morgan fingerprint density at radius 3 is 2.37 bits per heavy atom. The maximum absolute atomic E-state index is 11.4. The van der Waals surface area contributed by atoms with Crippen LogP contribution in [0, 0.1) is 0 Å². The molecular formula is C14H21NO3S. The van der Waals surface area contributed by atoms with Crippen LogP contribution in [0.25, 0.3) is 0 Å². The smallest absolute Gasteiger partial charge is 0.175 e. The zero-order valence-corrected chi connectivity index (χ0v) is 12.0. The van der Waals surface area contributed by atoms with Gasteiger partial charge < -0.3 is 10.4 Å². The number of rotatable bonds is 3. The van der Waals surface area contributed by atoms with Gasteiger partial charge in [0.2, 0.25) is 0 Å². The number of sulfone groups is 1. The number of aliphatic hydroxyl groups excluding tert-OH is 1. The van der Waals surface area contributed by atoms with E-state index < -0.39 is 9.84 Å². The third kappa shape index (κ3) is 3.94. The molecule has 2 atom stereocenters. The molecule has 0 saturated heterocycles. The van der Waals surface area contributed by atoms with Gasteiger partial charge in [0.05, 0.1) is 17.0 Å². The van der Waals surface area contributed by atoms with Crippen LogP contribution in [0.2, 0.25) is 0 Å². The highest BCUT2D eigenvalue weighted by Crippen LogP contribution is 2.22. The highest BCUT2D eigenvalue weighted by molar-refractivity contribution is 7.90. The molecular weight excluding hydrogens is 262 g/mol. The minimum atomic E-state index is -3.15. The summed E-state index contributed by atoms with van der Waals surface area (Å²) in [5.41, 5.74) is 0.860. The first-order valence-corrected chi connectivity index (χ1v) is 8.61. The lowest BCUT2D eigenvalue weighted by Crippen LogP contribution is -2.32. The first kappa shape index (κ1) is 14.3. The molecule has 19 heavy (non-hydrogen) atoms. The normalized spacial score (nSPS) is 24.7. The number of nitrogens with one attached hydrogen (secondary N) is 1. The van der Waals surface area contributed by atoms with Crippen molar-refractivity contribution in [2.45, 2.75) is 49.1 Å². The van der Waals surface area contributed by atoms with Crippen molar-refractivity contribution in [2.75, 3.05) is 11.6 Å².